The molecule has 0 aliphatic rings. The number of fused-ring (bicyclic) bond motifs is 1. The first-order valence-electron chi connectivity index (χ1n) is 9.30. The maximum atomic E-state index is 10.4. The molecular formula is C20H13Cl2N5O8. The number of hydrogen-bond donors (Lipinski definition) is 1. The van der Waals surface area contributed by atoms with Crippen molar-refractivity contribution in [1.82, 2.24) is 9.38 Å². The number of benzene rings is 2. The summed E-state index contributed by atoms with van der Waals surface area (Å²) in [4.78, 5) is 32.3. The minimum atomic E-state index is -1.21. The highest BCUT2D eigenvalue weighted by atomic mass is 35.5. The number of rotatable bonds is 5. The van der Waals surface area contributed by atoms with E-state index < -0.39 is 37.6 Å². The molecule has 2 aromatic carbocycles. The Bertz CT molecular complexity index is 1420. The zero-order valence-electron chi connectivity index (χ0n) is 17.5. The molecular weight excluding hydrogens is 509 g/mol. The normalized spacial score (nSPS) is 10.4. The summed E-state index contributed by atoms with van der Waals surface area (Å²) in [5.74, 6) is -0.394. The number of pyridine rings is 1. The number of nitro benzene ring substituents is 3. The smallest absolute Gasteiger partial charge is 0.324 e. The van der Waals surface area contributed by atoms with Gasteiger partial charge in [0.25, 0.3) is 11.4 Å². The van der Waals surface area contributed by atoms with E-state index in [-0.39, 0.29) is 0 Å². The van der Waals surface area contributed by atoms with Crippen LogP contribution in [0.3, 0.4) is 0 Å². The van der Waals surface area contributed by atoms with Crippen molar-refractivity contribution >= 4 is 45.9 Å². The van der Waals surface area contributed by atoms with Crippen molar-refractivity contribution in [3.05, 3.63) is 95.2 Å². The Hall–Kier alpha value is -4.49. The van der Waals surface area contributed by atoms with Crippen LogP contribution < -0.4 is 4.74 Å². The van der Waals surface area contributed by atoms with Gasteiger partial charge in [-0.2, -0.15) is 0 Å². The Kier molecular flexibility index (Phi) is 7.32. The second-order valence-corrected chi connectivity index (χ2v) is 7.54. The molecule has 0 saturated heterocycles. The van der Waals surface area contributed by atoms with Crippen LogP contribution in [0, 0.1) is 30.3 Å². The van der Waals surface area contributed by atoms with E-state index in [1.165, 1.54) is 0 Å². The molecule has 0 aliphatic heterocycles. The summed E-state index contributed by atoms with van der Waals surface area (Å²) in [5, 5.41) is 41.3. The largest absolute Gasteiger partial charge is 0.497 e. The topological polar surface area (TPSA) is 176 Å². The molecule has 0 amide bonds. The van der Waals surface area contributed by atoms with Gasteiger partial charge >= 0.3 is 11.4 Å². The fourth-order valence-electron chi connectivity index (χ4n) is 2.90. The molecule has 180 valence electrons. The number of nitro groups is 3. The average molecular weight is 522 g/mol. The molecule has 0 fully saturated rings. The first-order chi connectivity index (χ1) is 16.5. The molecule has 0 bridgehead atoms. The SMILES string of the molecule is COc1ccc(-c2cn3cc(Cl)cc(Cl)c3n2)cc1.O=[N+]([O-])c1cc([N+](=O)[O-])c(O)c([N+](=O)[O-])c1. The molecule has 0 atom stereocenters. The maximum Gasteiger partial charge on any atom is 0.324 e. The van der Waals surface area contributed by atoms with Crippen molar-refractivity contribution in [2.45, 2.75) is 0 Å². The maximum absolute atomic E-state index is 10.4. The third-order valence-corrected chi connectivity index (χ3v) is 5.00. The van der Waals surface area contributed by atoms with Crippen LogP contribution in [0.1, 0.15) is 0 Å². The van der Waals surface area contributed by atoms with E-state index in [4.69, 9.17) is 33.0 Å². The van der Waals surface area contributed by atoms with E-state index >= 15 is 0 Å². The Labute approximate surface area is 205 Å². The number of phenolic OH excluding ortho intramolecular Hbond substituents is 1. The summed E-state index contributed by atoms with van der Waals surface area (Å²) >= 11 is 12.1. The molecule has 4 rings (SSSR count). The third kappa shape index (κ3) is 5.54. The van der Waals surface area contributed by atoms with E-state index in [0.29, 0.717) is 27.8 Å². The fourth-order valence-corrected chi connectivity index (χ4v) is 3.43. The predicted molar refractivity (Wildman–Crippen MR) is 125 cm³/mol. The molecule has 0 spiro atoms. The van der Waals surface area contributed by atoms with Crippen LogP contribution in [0.15, 0.2) is 54.9 Å². The van der Waals surface area contributed by atoms with Gasteiger partial charge in [-0.1, -0.05) is 23.2 Å². The standard InChI is InChI=1S/C14H10Cl2N2O.C6H3N3O7/c1-19-11-4-2-9(3-5-11)13-8-18-7-10(15)6-12(16)14(18)17-13;10-6-4(8(13)14)1-3(7(11)12)2-5(6)9(15)16/h2-8H,1H3;1-2,10H. The number of phenols is 1. The van der Waals surface area contributed by atoms with E-state index in [2.05, 4.69) is 4.98 Å². The summed E-state index contributed by atoms with van der Waals surface area (Å²) in [5.41, 5.74) is -0.474. The molecule has 13 nitrogen and oxygen atoms in total. The number of aromatic nitrogens is 2. The molecule has 0 unspecified atom stereocenters. The van der Waals surface area contributed by atoms with Crippen LogP contribution in [0.2, 0.25) is 10.0 Å². The van der Waals surface area contributed by atoms with Crippen molar-refractivity contribution in [1.29, 1.82) is 0 Å². The first kappa shape index (κ1) is 25.1. The van der Waals surface area contributed by atoms with Crippen molar-refractivity contribution in [3.63, 3.8) is 0 Å². The summed E-state index contributed by atoms with van der Waals surface area (Å²) in [7, 11) is 1.64. The van der Waals surface area contributed by atoms with Gasteiger partial charge < -0.3 is 14.2 Å². The van der Waals surface area contributed by atoms with Gasteiger partial charge in [-0.05, 0) is 30.3 Å². The average Bonchev–Trinajstić information content (AvgIpc) is 3.23. The van der Waals surface area contributed by atoms with Crippen LogP contribution >= 0.6 is 23.2 Å². The number of halogens is 2. The Morgan fingerprint density at radius 1 is 0.914 bits per heavy atom. The number of non-ortho nitro benzene ring substituents is 1. The van der Waals surface area contributed by atoms with E-state index in [9.17, 15) is 30.3 Å². The van der Waals surface area contributed by atoms with Gasteiger partial charge in [0.1, 0.15) is 5.75 Å². The molecule has 0 aliphatic carbocycles. The first-order valence-corrected chi connectivity index (χ1v) is 10.1. The van der Waals surface area contributed by atoms with Crippen molar-refractivity contribution in [3.8, 4) is 22.8 Å². The number of nitrogens with zero attached hydrogens (tertiary/aromatic N) is 5. The van der Waals surface area contributed by atoms with Crippen LogP contribution in [-0.2, 0) is 0 Å². The van der Waals surface area contributed by atoms with Crippen LogP contribution in [0.25, 0.3) is 16.9 Å². The van der Waals surface area contributed by atoms with Crippen molar-refractivity contribution < 1.29 is 24.6 Å². The second kappa shape index (κ2) is 10.2. The summed E-state index contributed by atoms with van der Waals surface area (Å²) in [6.45, 7) is 0. The summed E-state index contributed by atoms with van der Waals surface area (Å²) in [6.07, 6.45) is 3.68. The third-order valence-electron chi connectivity index (χ3n) is 4.52. The number of imidazole rings is 1. The van der Waals surface area contributed by atoms with Gasteiger partial charge in [-0.25, -0.2) is 4.98 Å². The Morgan fingerprint density at radius 2 is 1.49 bits per heavy atom. The number of ether oxygens (including phenoxy) is 1. The Morgan fingerprint density at radius 3 is 1.97 bits per heavy atom. The van der Waals surface area contributed by atoms with E-state index in [1.54, 1.807) is 19.4 Å². The lowest BCUT2D eigenvalue weighted by Gasteiger charge is -1.99. The highest BCUT2D eigenvalue weighted by molar-refractivity contribution is 6.36. The zero-order chi connectivity index (χ0) is 25.9. The molecule has 0 saturated carbocycles. The molecule has 4 aromatic rings. The lowest BCUT2D eigenvalue weighted by molar-refractivity contribution is -0.404. The lowest BCUT2D eigenvalue weighted by atomic mass is 10.2. The second-order valence-electron chi connectivity index (χ2n) is 6.70. The molecule has 15 heteroatoms. The lowest BCUT2D eigenvalue weighted by Crippen LogP contribution is -1.97. The minimum absolute atomic E-state index is 0.447. The Balaban J connectivity index is 0.000000199. The molecule has 2 aromatic heterocycles. The van der Waals surface area contributed by atoms with Crippen LogP contribution in [-0.4, -0.2) is 36.4 Å². The molecule has 35 heavy (non-hydrogen) atoms. The summed E-state index contributed by atoms with van der Waals surface area (Å²) in [6, 6.07) is 10.3. The number of methoxy groups -OCH3 is 1. The molecule has 0 radical (unpaired) electrons. The van der Waals surface area contributed by atoms with E-state index in [1.807, 2.05) is 34.9 Å². The highest BCUT2D eigenvalue weighted by Crippen LogP contribution is 2.39. The van der Waals surface area contributed by atoms with Gasteiger partial charge in [0, 0.05) is 18.0 Å². The number of aromatic hydroxyl groups is 1. The minimum Gasteiger partial charge on any atom is -0.497 e. The van der Waals surface area contributed by atoms with Gasteiger partial charge in [-0.15, -0.1) is 0 Å². The van der Waals surface area contributed by atoms with Crippen LogP contribution in [0.4, 0.5) is 17.1 Å². The van der Waals surface area contributed by atoms with Crippen molar-refractivity contribution in [2.75, 3.05) is 7.11 Å². The fraction of sp³-hybridized carbons (Fsp3) is 0.0500. The van der Waals surface area contributed by atoms with Crippen molar-refractivity contribution in [2.24, 2.45) is 0 Å². The molecule has 2 heterocycles. The van der Waals surface area contributed by atoms with Gasteiger partial charge in [-0.3, -0.25) is 30.3 Å². The predicted octanol–water partition coefficient (Wildman–Crippen LogP) is 5.43. The molecule has 1 N–H and O–H groups in total. The van der Waals surface area contributed by atoms with Gasteiger partial charge in [0.15, 0.2) is 5.65 Å². The monoisotopic (exact) mass is 521 g/mol. The highest BCUT2D eigenvalue weighted by Gasteiger charge is 2.30. The van der Waals surface area contributed by atoms with Gasteiger partial charge in [0.2, 0.25) is 0 Å². The van der Waals surface area contributed by atoms with Gasteiger partial charge in [0.05, 0.1) is 49.8 Å². The summed E-state index contributed by atoms with van der Waals surface area (Å²) < 4.78 is 6.96. The number of hydrogen-bond acceptors (Lipinski definition) is 9. The quantitative estimate of drug-likeness (QED) is 0.264. The van der Waals surface area contributed by atoms with Crippen LogP contribution in [0.5, 0.6) is 11.5 Å². The zero-order valence-corrected chi connectivity index (χ0v) is 19.0. The van der Waals surface area contributed by atoms with E-state index in [0.717, 1.165) is 17.0 Å².